The van der Waals surface area contributed by atoms with Gasteiger partial charge in [-0.15, -0.1) is 0 Å². The van der Waals surface area contributed by atoms with Crippen molar-refractivity contribution in [1.82, 2.24) is 47.1 Å². The summed E-state index contributed by atoms with van der Waals surface area (Å²) in [5, 5.41) is 47.9. The molecule has 3 aliphatic heterocycles. The van der Waals surface area contributed by atoms with Crippen LogP contribution >= 0.6 is 11.8 Å². The Kier molecular flexibility index (Phi) is 15.3. The zero-order chi connectivity index (χ0) is 44.7. The fourth-order valence-corrected chi connectivity index (χ4v) is 8.45. The standard InChI is InChI=1S/C38H52N10O12S/c1-4-16(2)29-33(57)41-13-28(54)46-37-35(59)43-23(11-26(39)52)38(60)48-14-18(50)9-24(48)32(56)47-30(17(3)25(51)15-49)34(58)42-22(31(55)40-12-27(53)45-29)10-20-19-7-5-6-8-21(19)44-36(20)61-37/h5-8,16-18,22-25,29-30,37,44,49-51H,4,9-15H2,1-3H3,(H2,39,52)(H,40,55)(H,41,57)(H,42,58)(H,43,59)(H,45,53)(H,46,54)(H,47,56)/t16-,17-,18+,22-,23-,24-,25-,29-,30-,37-/m0/s1. The molecule has 22 nitrogen and oxygen atoms in total. The summed E-state index contributed by atoms with van der Waals surface area (Å²) >= 11 is 0.730. The van der Waals surface area contributed by atoms with Crippen molar-refractivity contribution in [2.75, 3.05) is 26.2 Å². The average Bonchev–Trinajstić information content (AvgIpc) is 3.79. The molecule has 1 aromatic heterocycles. The Morgan fingerprint density at radius 1 is 0.869 bits per heavy atom. The quantitative estimate of drug-likeness (QED) is 0.125. The number of aliphatic hydroxyl groups is 3. The second-order valence-corrected chi connectivity index (χ2v) is 16.5. The Morgan fingerprint density at radius 3 is 2.21 bits per heavy atom. The fourth-order valence-electron chi connectivity index (χ4n) is 7.34. The minimum absolute atomic E-state index is 0.190. The van der Waals surface area contributed by atoms with Gasteiger partial charge in [-0.1, -0.05) is 57.2 Å². The summed E-state index contributed by atoms with van der Waals surface area (Å²) in [6.07, 6.45) is -3.94. The van der Waals surface area contributed by atoms with Crippen molar-refractivity contribution in [3.63, 3.8) is 0 Å². The van der Waals surface area contributed by atoms with Crippen LogP contribution in [0, 0.1) is 11.8 Å². The Hall–Kier alpha value is -5.78. The van der Waals surface area contributed by atoms with Gasteiger partial charge in [-0.2, -0.15) is 0 Å². The molecule has 1 fully saturated rings. The Morgan fingerprint density at radius 2 is 1.54 bits per heavy atom. The van der Waals surface area contributed by atoms with E-state index in [-0.39, 0.29) is 17.9 Å². The lowest BCUT2D eigenvalue weighted by Gasteiger charge is -2.32. The molecule has 3 aliphatic rings. The zero-order valence-corrected chi connectivity index (χ0v) is 34.5. The van der Waals surface area contributed by atoms with Crippen molar-refractivity contribution >= 4 is 75.8 Å². The van der Waals surface area contributed by atoms with Gasteiger partial charge in [0.25, 0.3) is 5.91 Å². The number of nitrogens with zero attached hydrogens (tertiary/aromatic N) is 1. The first-order valence-corrected chi connectivity index (χ1v) is 20.7. The van der Waals surface area contributed by atoms with E-state index in [4.69, 9.17) is 5.73 Å². The van der Waals surface area contributed by atoms with E-state index in [0.29, 0.717) is 22.9 Å². The van der Waals surface area contributed by atoms with Crippen LogP contribution in [-0.2, 0) is 49.6 Å². The van der Waals surface area contributed by atoms with Crippen molar-refractivity contribution in [2.24, 2.45) is 17.6 Å². The van der Waals surface area contributed by atoms with Gasteiger partial charge in [0.1, 0.15) is 30.2 Å². The SMILES string of the molecule is CC[C@H](C)[C@@H]1NC(=O)CNC(=O)[C@@H]2Cc3c([nH]c4ccccc34)S[C@H](NC(=O)CNC1=O)C(=O)N[C@@H](CC(N)=O)C(=O)N1C[C@H](O)C[C@H]1C(=O)N[C@@H]([C@@H](C)[C@@H](O)CO)C(=O)N2. The summed E-state index contributed by atoms with van der Waals surface area (Å²) in [7, 11) is 0. The molecule has 1 saturated heterocycles. The number of H-pyrrole nitrogens is 1. The number of para-hydroxylation sites is 1. The molecule has 2 aromatic rings. The van der Waals surface area contributed by atoms with Crippen LogP contribution in [0.25, 0.3) is 10.9 Å². The van der Waals surface area contributed by atoms with Crippen LogP contribution in [-0.4, -0.2) is 152 Å². The molecule has 0 spiro atoms. The lowest BCUT2D eigenvalue weighted by molar-refractivity contribution is -0.143. The summed E-state index contributed by atoms with van der Waals surface area (Å²) in [6.45, 7) is 2.16. The summed E-state index contributed by atoms with van der Waals surface area (Å²) in [5.41, 5.74) is 6.34. The number of carbonyl (C=O) groups is 9. The molecular formula is C38H52N10O12S. The number of aromatic nitrogens is 1. The maximum atomic E-state index is 14.4. The molecule has 23 heteroatoms. The van der Waals surface area contributed by atoms with Gasteiger partial charge in [0.2, 0.25) is 47.3 Å². The number of benzene rings is 1. The Balaban J connectivity index is 1.71. The predicted molar refractivity (Wildman–Crippen MR) is 215 cm³/mol. The van der Waals surface area contributed by atoms with Gasteiger partial charge in [-0.25, -0.2) is 0 Å². The highest BCUT2D eigenvalue weighted by Gasteiger charge is 2.45. The van der Waals surface area contributed by atoms with Crippen molar-refractivity contribution in [1.29, 1.82) is 0 Å². The van der Waals surface area contributed by atoms with Crippen LogP contribution in [0.4, 0.5) is 0 Å². The summed E-state index contributed by atoms with van der Waals surface area (Å²) < 4.78 is 0. The number of hydrogen-bond acceptors (Lipinski definition) is 13. The summed E-state index contributed by atoms with van der Waals surface area (Å²) in [4.78, 5) is 128. The predicted octanol–water partition coefficient (Wildman–Crippen LogP) is -4.68. The molecule has 332 valence electrons. The smallest absolute Gasteiger partial charge is 0.254 e. The number of nitrogens with two attached hydrogens (primary N) is 1. The molecule has 2 bridgehead atoms. The van der Waals surface area contributed by atoms with Crippen LogP contribution in [0.1, 0.15) is 45.6 Å². The third-order valence-electron chi connectivity index (χ3n) is 11.0. The van der Waals surface area contributed by atoms with Crippen LogP contribution in [0.2, 0.25) is 0 Å². The van der Waals surface area contributed by atoms with E-state index >= 15 is 0 Å². The minimum atomic E-state index is -1.74. The van der Waals surface area contributed by atoms with Gasteiger partial charge in [0.15, 0.2) is 5.37 Å². The second-order valence-electron chi connectivity index (χ2n) is 15.4. The van der Waals surface area contributed by atoms with Crippen molar-refractivity contribution < 1.29 is 58.5 Å². The first kappa shape index (κ1) is 46.3. The Bertz CT molecular complexity index is 2050. The maximum absolute atomic E-state index is 14.4. The largest absolute Gasteiger partial charge is 0.394 e. The number of thioether (sulfide) groups is 1. The molecule has 4 heterocycles. The summed E-state index contributed by atoms with van der Waals surface area (Å²) in [6, 6.07) is -0.899. The van der Waals surface area contributed by atoms with Gasteiger partial charge < -0.3 is 68.2 Å². The molecule has 0 aliphatic carbocycles. The summed E-state index contributed by atoms with van der Waals surface area (Å²) in [5.74, 6) is -10.1. The van der Waals surface area contributed by atoms with E-state index in [9.17, 15) is 58.5 Å². The molecule has 10 atom stereocenters. The van der Waals surface area contributed by atoms with E-state index in [1.165, 1.54) is 6.92 Å². The number of carbonyl (C=O) groups excluding carboxylic acids is 9. The fraction of sp³-hybridized carbons (Fsp3) is 0.553. The number of nitrogens with one attached hydrogen (secondary N) is 8. The van der Waals surface area contributed by atoms with E-state index < -0.39 is 145 Å². The highest BCUT2D eigenvalue weighted by atomic mass is 32.2. The first-order valence-electron chi connectivity index (χ1n) is 19.8. The zero-order valence-electron chi connectivity index (χ0n) is 33.7. The second kappa shape index (κ2) is 20.2. The number of fused-ring (bicyclic) bond motifs is 4. The third-order valence-corrected chi connectivity index (χ3v) is 12.2. The number of aromatic amines is 1. The topological polar surface area (TPSA) is 344 Å². The molecule has 61 heavy (non-hydrogen) atoms. The van der Waals surface area contributed by atoms with Gasteiger partial charge in [0.05, 0.1) is 43.4 Å². The lowest BCUT2D eigenvalue weighted by Crippen LogP contribution is -2.61. The number of hydrogen-bond donors (Lipinski definition) is 12. The van der Waals surface area contributed by atoms with Crippen LogP contribution < -0.4 is 43.0 Å². The van der Waals surface area contributed by atoms with Gasteiger partial charge in [-0.3, -0.25) is 43.2 Å². The molecule has 9 amide bonds. The van der Waals surface area contributed by atoms with Crippen LogP contribution in [0.5, 0.6) is 0 Å². The van der Waals surface area contributed by atoms with Crippen LogP contribution in [0.15, 0.2) is 29.3 Å². The first-order chi connectivity index (χ1) is 28.9. The highest BCUT2D eigenvalue weighted by Crippen LogP contribution is 2.33. The van der Waals surface area contributed by atoms with Gasteiger partial charge in [0, 0.05) is 36.2 Å². The van der Waals surface area contributed by atoms with E-state index in [2.05, 4.69) is 42.2 Å². The molecular weight excluding hydrogens is 821 g/mol. The molecule has 0 unspecified atom stereocenters. The van der Waals surface area contributed by atoms with Crippen molar-refractivity contribution in [2.45, 2.75) is 99.3 Å². The normalized spacial score (nSPS) is 27.9. The number of primary amides is 1. The van der Waals surface area contributed by atoms with E-state index in [1.807, 2.05) is 0 Å². The van der Waals surface area contributed by atoms with E-state index in [1.54, 1.807) is 38.1 Å². The minimum Gasteiger partial charge on any atom is -0.394 e. The molecule has 5 rings (SSSR count). The molecule has 13 N–H and O–H groups in total. The average molecular weight is 873 g/mol. The molecule has 1 aromatic carbocycles. The lowest BCUT2D eigenvalue weighted by atomic mass is 9.94. The van der Waals surface area contributed by atoms with Crippen molar-refractivity contribution in [3.05, 3.63) is 29.8 Å². The number of rotatable bonds is 7. The molecule has 0 radical (unpaired) electrons. The van der Waals surface area contributed by atoms with Crippen molar-refractivity contribution in [3.8, 4) is 0 Å². The Labute approximate surface area is 353 Å². The maximum Gasteiger partial charge on any atom is 0.254 e. The third kappa shape index (κ3) is 11.1. The number of aliphatic hydroxyl groups excluding tert-OH is 3. The molecule has 0 saturated carbocycles. The van der Waals surface area contributed by atoms with Gasteiger partial charge >= 0.3 is 0 Å². The van der Waals surface area contributed by atoms with E-state index in [0.717, 1.165) is 16.7 Å². The monoisotopic (exact) mass is 872 g/mol. The number of amides is 9. The highest BCUT2D eigenvalue weighted by molar-refractivity contribution is 8.00. The van der Waals surface area contributed by atoms with Crippen LogP contribution in [0.3, 0.4) is 0 Å². The van der Waals surface area contributed by atoms with Gasteiger partial charge in [-0.05, 0) is 17.5 Å².